The van der Waals surface area contributed by atoms with Crippen LogP contribution in [0, 0.1) is 0 Å². The van der Waals surface area contributed by atoms with Crippen LogP contribution in [0.5, 0.6) is 11.5 Å². The second kappa shape index (κ2) is 10.6. The Hall–Kier alpha value is -2.15. The molecule has 0 aliphatic rings. The van der Waals surface area contributed by atoms with Crippen molar-refractivity contribution in [2.75, 3.05) is 39.3 Å². The molecule has 22 heavy (non-hydrogen) atoms. The van der Waals surface area contributed by atoms with Crippen LogP contribution in [-0.4, -0.2) is 51.3 Å². The number of hydrogen-bond acceptors (Lipinski definition) is 5. The normalized spacial score (nSPS) is 9.73. The van der Waals surface area contributed by atoms with Crippen LogP contribution in [0.15, 0.2) is 24.3 Å². The van der Waals surface area contributed by atoms with Crippen molar-refractivity contribution in [1.29, 1.82) is 0 Å². The zero-order valence-electron chi connectivity index (χ0n) is 12.3. The van der Waals surface area contributed by atoms with E-state index in [9.17, 15) is 9.59 Å². The van der Waals surface area contributed by atoms with E-state index >= 15 is 0 Å². The number of rotatable bonds is 9. The highest BCUT2D eigenvalue weighted by atomic mass is 35.5. The lowest BCUT2D eigenvalue weighted by molar-refractivity contribution is -0.123. The molecule has 0 radical (unpaired) electrons. The minimum absolute atomic E-state index is 0.142. The van der Waals surface area contributed by atoms with Crippen molar-refractivity contribution < 1.29 is 23.8 Å². The summed E-state index contributed by atoms with van der Waals surface area (Å²) in [5, 5.41) is 5.07. The lowest BCUT2D eigenvalue weighted by Gasteiger charge is -2.10. The third-order valence-electron chi connectivity index (χ3n) is 2.45. The van der Waals surface area contributed by atoms with E-state index in [1.54, 1.807) is 24.3 Å². The van der Waals surface area contributed by atoms with E-state index in [2.05, 4.69) is 10.6 Å². The van der Waals surface area contributed by atoms with E-state index < -0.39 is 6.09 Å². The zero-order valence-corrected chi connectivity index (χ0v) is 13.0. The summed E-state index contributed by atoms with van der Waals surface area (Å²) in [6, 6.07) is 7.04. The molecule has 0 saturated carbocycles. The fourth-order valence-electron chi connectivity index (χ4n) is 1.48. The zero-order chi connectivity index (χ0) is 16.2. The molecular formula is C14H19ClN2O5. The summed E-state index contributed by atoms with van der Waals surface area (Å²) in [6.07, 6.45) is -0.569. The molecule has 0 aliphatic carbocycles. The molecule has 0 atom stereocenters. The van der Waals surface area contributed by atoms with Gasteiger partial charge >= 0.3 is 6.09 Å². The predicted molar refractivity (Wildman–Crippen MR) is 81.6 cm³/mol. The number of ether oxygens (including phenoxy) is 3. The highest BCUT2D eigenvalue weighted by molar-refractivity contribution is 6.18. The second-order valence-electron chi connectivity index (χ2n) is 4.04. The number of alkyl carbamates (subject to hydrolysis) is 1. The van der Waals surface area contributed by atoms with Crippen LogP contribution in [0.25, 0.3) is 0 Å². The third kappa shape index (κ3) is 7.03. The summed E-state index contributed by atoms with van der Waals surface area (Å²) in [4.78, 5) is 22.7. The van der Waals surface area contributed by atoms with Crippen LogP contribution >= 0.6 is 11.6 Å². The summed E-state index contributed by atoms with van der Waals surface area (Å²) in [5.74, 6) is 0.980. The minimum atomic E-state index is -0.569. The van der Waals surface area contributed by atoms with E-state index in [1.165, 1.54) is 7.11 Å². The van der Waals surface area contributed by atoms with Gasteiger partial charge in [0, 0.05) is 13.1 Å². The van der Waals surface area contributed by atoms with Gasteiger partial charge in [0.2, 0.25) is 0 Å². The van der Waals surface area contributed by atoms with E-state index in [0.29, 0.717) is 11.5 Å². The van der Waals surface area contributed by atoms with Gasteiger partial charge in [-0.2, -0.15) is 0 Å². The maximum absolute atomic E-state index is 11.6. The first-order chi connectivity index (χ1) is 10.7. The van der Waals surface area contributed by atoms with E-state index in [1.807, 2.05) is 0 Å². The van der Waals surface area contributed by atoms with Crippen LogP contribution < -0.4 is 20.1 Å². The number of benzene rings is 1. The average Bonchev–Trinajstić information content (AvgIpc) is 2.55. The van der Waals surface area contributed by atoms with E-state index in [0.717, 1.165) is 0 Å². The van der Waals surface area contributed by atoms with Gasteiger partial charge in [-0.05, 0) is 12.1 Å². The monoisotopic (exact) mass is 330 g/mol. The number of methoxy groups -OCH3 is 1. The first-order valence-electron chi connectivity index (χ1n) is 6.66. The standard InChI is InChI=1S/C14H19ClN2O5/c1-20-11-4-2-3-5-12(11)22-10-13(18)16-7-8-17-14(19)21-9-6-15/h2-5H,6-10H2,1H3,(H,16,18)(H,17,19). The number of amides is 2. The van der Waals surface area contributed by atoms with Crippen molar-refractivity contribution >= 4 is 23.6 Å². The molecule has 7 nitrogen and oxygen atoms in total. The Labute approximate surface area is 133 Å². The van der Waals surface area contributed by atoms with Gasteiger partial charge in [-0.1, -0.05) is 12.1 Å². The molecule has 0 saturated heterocycles. The molecule has 0 aliphatic heterocycles. The summed E-state index contributed by atoms with van der Waals surface area (Å²) in [7, 11) is 1.53. The molecule has 0 spiro atoms. The molecule has 0 unspecified atom stereocenters. The first-order valence-corrected chi connectivity index (χ1v) is 7.20. The lowest BCUT2D eigenvalue weighted by Crippen LogP contribution is -2.37. The Morgan fingerprint density at radius 1 is 1.14 bits per heavy atom. The molecule has 8 heteroatoms. The molecule has 122 valence electrons. The molecule has 0 aromatic heterocycles. The van der Waals surface area contributed by atoms with Crippen LogP contribution in [0.2, 0.25) is 0 Å². The molecule has 0 heterocycles. The average molecular weight is 331 g/mol. The van der Waals surface area contributed by atoms with Crippen LogP contribution in [0.3, 0.4) is 0 Å². The lowest BCUT2D eigenvalue weighted by atomic mass is 10.3. The molecule has 1 aromatic carbocycles. The number of hydrogen-bond donors (Lipinski definition) is 2. The fourth-order valence-corrected chi connectivity index (χ4v) is 1.56. The Bertz CT molecular complexity index is 484. The maximum atomic E-state index is 11.6. The second-order valence-corrected chi connectivity index (χ2v) is 4.42. The van der Waals surface area contributed by atoms with Gasteiger partial charge < -0.3 is 24.8 Å². The smallest absolute Gasteiger partial charge is 0.407 e. The number of halogens is 1. The van der Waals surface area contributed by atoms with Crippen molar-refractivity contribution in [3.05, 3.63) is 24.3 Å². The van der Waals surface area contributed by atoms with Crippen molar-refractivity contribution in [2.45, 2.75) is 0 Å². The molecule has 1 rings (SSSR count). The van der Waals surface area contributed by atoms with Crippen molar-refractivity contribution in [3.63, 3.8) is 0 Å². The minimum Gasteiger partial charge on any atom is -0.493 e. The molecule has 2 N–H and O–H groups in total. The van der Waals surface area contributed by atoms with E-state index in [-0.39, 0.29) is 38.1 Å². The van der Waals surface area contributed by atoms with Crippen LogP contribution in [0.1, 0.15) is 0 Å². The third-order valence-corrected chi connectivity index (χ3v) is 2.61. The van der Waals surface area contributed by atoms with Gasteiger partial charge in [-0.25, -0.2) is 4.79 Å². The van der Waals surface area contributed by atoms with Gasteiger partial charge in [0.1, 0.15) is 6.61 Å². The van der Waals surface area contributed by atoms with Crippen molar-refractivity contribution in [3.8, 4) is 11.5 Å². The van der Waals surface area contributed by atoms with Gasteiger partial charge in [0.25, 0.3) is 5.91 Å². The van der Waals surface area contributed by atoms with Crippen LogP contribution in [0.4, 0.5) is 4.79 Å². The Kier molecular flexibility index (Phi) is 8.59. The Morgan fingerprint density at radius 3 is 2.50 bits per heavy atom. The van der Waals surface area contributed by atoms with Gasteiger partial charge in [0.15, 0.2) is 18.1 Å². The maximum Gasteiger partial charge on any atom is 0.407 e. The molecule has 0 bridgehead atoms. The summed E-state index contributed by atoms with van der Waals surface area (Å²) < 4.78 is 15.2. The number of carbonyl (C=O) groups is 2. The highest BCUT2D eigenvalue weighted by Crippen LogP contribution is 2.25. The van der Waals surface area contributed by atoms with Crippen LogP contribution in [-0.2, 0) is 9.53 Å². The first kappa shape index (κ1) is 17.9. The Balaban J connectivity index is 2.17. The van der Waals surface area contributed by atoms with Crippen molar-refractivity contribution in [2.24, 2.45) is 0 Å². The summed E-state index contributed by atoms with van der Waals surface area (Å²) in [5.41, 5.74) is 0. The molecule has 2 amide bonds. The number of para-hydroxylation sites is 2. The van der Waals surface area contributed by atoms with Crippen molar-refractivity contribution in [1.82, 2.24) is 10.6 Å². The molecule has 0 fully saturated rings. The number of carbonyl (C=O) groups excluding carboxylic acids is 2. The molecule has 1 aromatic rings. The fraction of sp³-hybridized carbons (Fsp3) is 0.429. The largest absolute Gasteiger partial charge is 0.493 e. The summed E-state index contributed by atoms with van der Waals surface area (Å²) in [6.45, 7) is 0.523. The number of alkyl halides is 1. The molecular weight excluding hydrogens is 312 g/mol. The number of nitrogens with one attached hydrogen (secondary N) is 2. The van der Waals surface area contributed by atoms with E-state index in [4.69, 9.17) is 25.8 Å². The quantitative estimate of drug-likeness (QED) is 0.524. The van der Waals surface area contributed by atoms with Gasteiger partial charge in [0.05, 0.1) is 13.0 Å². The summed E-state index contributed by atoms with van der Waals surface area (Å²) >= 11 is 5.37. The van der Waals surface area contributed by atoms with Gasteiger partial charge in [-0.15, -0.1) is 11.6 Å². The topological polar surface area (TPSA) is 85.9 Å². The predicted octanol–water partition coefficient (Wildman–Crippen LogP) is 1.16. The SMILES string of the molecule is COc1ccccc1OCC(=O)NCCNC(=O)OCCCl. The van der Waals surface area contributed by atoms with Gasteiger partial charge in [-0.3, -0.25) is 4.79 Å². The Morgan fingerprint density at radius 2 is 1.82 bits per heavy atom. The highest BCUT2D eigenvalue weighted by Gasteiger charge is 2.06.